The van der Waals surface area contributed by atoms with Crippen LogP contribution in [0.4, 0.5) is 0 Å². The Hall–Kier alpha value is -0.530. The Labute approximate surface area is 70.7 Å². The molecule has 0 bridgehead atoms. The van der Waals surface area contributed by atoms with E-state index in [0.717, 1.165) is 25.3 Å². The average Bonchev–Trinajstić information content (AvgIpc) is 2.10. The van der Waals surface area contributed by atoms with Crippen molar-refractivity contribution in [2.24, 2.45) is 4.99 Å². The summed E-state index contributed by atoms with van der Waals surface area (Å²) in [6, 6.07) is 0. The van der Waals surface area contributed by atoms with Gasteiger partial charge in [0, 0.05) is 13.0 Å². The summed E-state index contributed by atoms with van der Waals surface area (Å²) >= 11 is 0. The van der Waals surface area contributed by atoms with Crippen LogP contribution in [0.1, 0.15) is 40.5 Å². The summed E-state index contributed by atoms with van der Waals surface area (Å²) in [5.74, 6) is 0.858. The van der Waals surface area contributed by atoms with E-state index in [1.54, 1.807) is 7.11 Å². The number of nitrogens with zero attached hydrogens (tertiary/aromatic N) is 1. The lowest BCUT2D eigenvalue weighted by Gasteiger charge is -1.98. The van der Waals surface area contributed by atoms with Crippen molar-refractivity contribution in [1.82, 2.24) is 0 Å². The molecule has 11 heavy (non-hydrogen) atoms. The fourth-order valence-corrected chi connectivity index (χ4v) is 0.557. The lowest BCUT2D eigenvalue weighted by molar-refractivity contribution is 0.390. The summed E-state index contributed by atoms with van der Waals surface area (Å²) in [5.41, 5.74) is 0. The first-order chi connectivity index (χ1) is 5.35. The van der Waals surface area contributed by atoms with E-state index in [4.69, 9.17) is 4.74 Å². The summed E-state index contributed by atoms with van der Waals surface area (Å²) in [7, 11) is 1.66. The fourth-order valence-electron chi connectivity index (χ4n) is 0.557. The normalized spacial score (nSPS) is 10.1. The quantitative estimate of drug-likeness (QED) is 0.458. The summed E-state index contributed by atoms with van der Waals surface area (Å²) in [5, 5.41) is 0. The van der Waals surface area contributed by atoms with Gasteiger partial charge in [-0.2, -0.15) is 0 Å². The average molecular weight is 159 g/mol. The van der Waals surface area contributed by atoms with E-state index in [1.165, 1.54) is 0 Å². The zero-order valence-corrected chi connectivity index (χ0v) is 8.48. The molecule has 0 amide bonds. The minimum Gasteiger partial charge on any atom is -0.484 e. The van der Waals surface area contributed by atoms with Crippen LogP contribution in [0.2, 0.25) is 0 Å². The topological polar surface area (TPSA) is 21.6 Å². The molecule has 0 fully saturated rings. The maximum atomic E-state index is 4.95. The maximum absolute atomic E-state index is 4.95. The molecule has 0 spiro atoms. The van der Waals surface area contributed by atoms with Crippen molar-refractivity contribution in [1.29, 1.82) is 0 Å². The third-order valence-electron chi connectivity index (χ3n) is 1.05. The van der Waals surface area contributed by atoms with Crippen LogP contribution >= 0.6 is 0 Å². The molecule has 0 aromatic carbocycles. The molecule has 0 saturated heterocycles. The second-order valence-corrected chi connectivity index (χ2v) is 1.83. The minimum absolute atomic E-state index is 0.858. The summed E-state index contributed by atoms with van der Waals surface area (Å²) in [6.45, 7) is 9.03. The van der Waals surface area contributed by atoms with Gasteiger partial charge in [0.1, 0.15) is 0 Å². The van der Waals surface area contributed by atoms with E-state index in [9.17, 15) is 0 Å². The fraction of sp³-hybridized carbons (Fsp3) is 0.889. The highest BCUT2D eigenvalue weighted by molar-refractivity contribution is 5.75. The zero-order chi connectivity index (χ0) is 9.11. The van der Waals surface area contributed by atoms with Crippen LogP contribution in [0.25, 0.3) is 0 Å². The van der Waals surface area contributed by atoms with E-state index in [2.05, 4.69) is 11.9 Å². The highest BCUT2D eigenvalue weighted by Gasteiger charge is 1.88. The minimum atomic E-state index is 0.858. The molecule has 0 unspecified atom stereocenters. The number of hydrogen-bond acceptors (Lipinski definition) is 2. The maximum Gasteiger partial charge on any atom is 0.182 e. The molecule has 0 heterocycles. The van der Waals surface area contributed by atoms with Gasteiger partial charge in [-0.25, -0.2) is 0 Å². The van der Waals surface area contributed by atoms with Gasteiger partial charge in [0.25, 0.3) is 0 Å². The van der Waals surface area contributed by atoms with Crippen LogP contribution in [0.5, 0.6) is 0 Å². The van der Waals surface area contributed by atoms with Crippen molar-refractivity contribution < 1.29 is 4.74 Å². The lowest BCUT2D eigenvalue weighted by Crippen LogP contribution is -1.99. The van der Waals surface area contributed by atoms with Gasteiger partial charge in [0.2, 0.25) is 0 Å². The van der Waals surface area contributed by atoms with Crippen molar-refractivity contribution in [2.45, 2.75) is 40.5 Å². The molecule has 0 N–H and O–H groups in total. The molecule has 0 aliphatic rings. The molecule has 2 nitrogen and oxygen atoms in total. The van der Waals surface area contributed by atoms with Crippen LogP contribution in [0.15, 0.2) is 4.99 Å². The SMILES string of the molecule is CC.CCCN=C(CC)OC. The molecule has 0 radical (unpaired) electrons. The van der Waals surface area contributed by atoms with Gasteiger partial charge in [0.15, 0.2) is 5.90 Å². The summed E-state index contributed by atoms with van der Waals surface area (Å²) in [4.78, 5) is 4.17. The van der Waals surface area contributed by atoms with Gasteiger partial charge in [-0.15, -0.1) is 0 Å². The van der Waals surface area contributed by atoms with Gasteiger partial charge < -0.3 is 4.74 Å². The van der Waals surface area contributed by atoms with Crippen LogP contribution in [0.3, 0.4) is 0 Å². The van der Waals surface area contributed by atoms with E-state index in [-0.39, 0.29) is 0 Å². The first-order valence-corrected chi connectivity index (χ1v) is 4.42. The molecule has 0 aromatic heterocycles. The predicted molar refractivity (Wildman–Crippen MR) is 51.2 cm³/mol. The molecule has 0 aromatic rings. The highest BCUT2D eigenvalue weighted by Crippen LogP contribution is 1.87. The molecular formula is C9H21NO. The number of aliphatic imine (C=N–C) groups is 1. The molecule has 0 aliphatic heterocycles. The molecule has 0 saturated carbocycles. The monoisotopic (exact) mass is 159 g/mol. The van der Waals surface area contributed by atoms with E-state index >= 15 is 0 Å². The number of ether oxygens (including phenoxy) is 1. The van der Waals surface area contributed by atoms with Crippen LogP contribution in [-0.2, 0) is 4.74 Å². The Kier molecular flexibility index (Phi) is 14.5. The van der Waals surface area contributed by atoms with Gasteiger partial charge >= 0.3 is 0 Å². The van der Waals surface area contributed by atoms with E-state index < -0.39 is 0 Å². The van der Waals surface area contributed by atoms with Gasteiger partial charge in [-0.3, -0.25) is 4.99 Å². The Balaban J connectivity index is 0. The molecule has 68 valence electrons. The Morgan fingerprint density at radius 2 is 1.82 bits per heavy atom. The molecule has 0 aliphatic carbocycles. The van der Waals surface area contributed by atoms with Crippen LogP contribution in [0, 0.1) is 0 Å². The second kappa shape index (κ2) is 12.2. The molecule has 0 atom stereocenters. The Bertz CT molecular complexity index is 83.6. The first kappa shape index (κ1) is 13.1. The Morgan fingerprint density at radius 3 is 2.09 bits per heavy atom. The van der Waals surface area contributed by atoms with Crippen molar-refractivity contribution in [3.63, 3.8) is 0 Å². The predicted octanol–water partition coefficient (Wildman–Crippen LogP) is 2.88. The highest BCUT2D eigenvalue weighted by atomic mass is 16.5. The standard InChI is InChI=1S/C7H15NO.C2H6/c1-4-6-8-7(5-2)9-3;1-2/h4-6H2,1-3H3;1-2H3. The van der Waals surface area contributed by atoms with Crippen molar-refractivity contribution in [3.05, 3.63) is 0 Å². The number of hydrogen-bond donors (Lipinski definition) is 0. The summed E-state index contributed by atoms with van der Waals surface area (Å²) < 4.78 is 4.95. The lowest BCUT2D eigenvalue weighted by atomic mass is 10.4. The molecular weight excluding hydrogens is 138 g/mol. The third-order valence-corrected chi connectivity index (χ3v) is 1.05. The van der Waals surface area contributed by atoms with Crippen molar-refractivity contribution in [3.8, 4) is 0 Å². The third kappa shape index (κ3) is 9.47. The van der Waals surface area contributed by atoms with E-state index in [1.807, 2.05) is 20.8 Å². The van der Waals surface area contributed by atoms with Crippen molar-refractivity contribution in [2.75, 3.05) is 13.7 Å². The Morgan fingerprint density at radius 1 is 1.27 bits per heavy atom. The number of rotatable bonds is 3. The zero-order valence-electron chi connectivity index (χ0n) is 8.48. The van der Waals surface area contributed by atoms with Crippen LogP contribution < -0.4 is 0 Å². The summed E-state index contributed by atoms with van der Waals surface area (Å²) in [6.07, 6.45) is 1.99. The van der Waals surface area contributed by atoms with E-state index in [0.29, 0.717) is 0 Å². The number of methoxy groups -OCH3 is 1. The molecule has 0 rings (SSSR count). The largest absolute Gasteiger partial charge is 0.484 e. The second-order valence-electron chi connectivity index (χ2n) is 1.83. The van der Waals surface area contributed by atoms with Gasteiger partial charge in [-0.1, -0.05) is 27.7 Å². The van der Waals surface area contributed by atoms with Crippen LogP contribution in [-0.4, -0.2) is 19.6 Å². The van der Waals surface area contributed by atoms with Gasteiger partial charge in [-0.05, 0) is 6.42 Å². The molecule has 2 heteroatoms. The smallest absolute Gasteiger partial charge is 0.182 e. The van der Waals surface area contributed by atoms with Gasteiger partial charge in [0.05, 0.1) is 7.11 Å². The first-order valence-electron chi connectivity index (χ1n) is 4.42. The van der Waals surface area contributed by atoms with Crippen molar-refractivity contribution >= 4 is 5.90 Å².